The summed E-state index contributed by atoms with van der Waals surface area (Å²) in [4.78, 5) is 28.1. The van der Waals surface area contributed by atoms with Crippen LogP contribution in [0.5, 0.6) is 5.75 Å². The first-order chi connectivity index (χ1) is 12.6. The Labute approximate surface area is 164 Å². The van der Waals surface area contributed by atoms with E-state index in [-0.39, 0.29) is 22.5 Å². The number of imidazole rings is 1. The number of hydrogen-bond acceptors (Lipinski definition) is 6. The van der Waals surface area contributed by atoms with Crippen molar-refractivity contribution in [2.45, 2.75) is 25.3 Å². The van der Waals surface area contributed by atoms with Crippen LogP contribution in [0.3, 0.4) is 0 Å². The second-order valence-electron chi connectivity index (χ2n) is 5.77. The van der Waals surface area contributed by atoms with Crippen molar-refractivity contribution in [2.75, 3.05) is 4.61 Å². The maximum Gasteiger partial charge on any atom is 0.547 e. The summed E-state index contributed by atoms with van der Waals surface area (Å²) >= 11 is 1.93. The molecule has 1 atom stereocenters. The smallest absolute Gasteiger partial charge is 0.534 e. The van der Waals surface area contributed by atoms with E-state index in [1.165, 1.54) is 0 Å². The lowest BCUT2D eigenvalue weighted by molar-refractivity contribution is -0.121. The second kappa shape index (κ2) is 8.54. The molecule has 1 amide bonds. The maximum atomic E-state index is 12.1. The predicted octanol–water partition coefficient (Wildman–Crippen LogP) is 0.962. The van der Waals surface area contributed by atoms with E-state index in [9.17, 15) is 14.6 Å². The molecular formula is C16H17BIN3O5. The zero-order valence-corrected chi connectivity index (χ0v) is 16.0. The number of amides is 1. The van der Waals surface area contributed by atoms with Gasteiger partial charge in [0.2, 0.25) is 5.91 Å². The van der Waals surface area contributed by atoms with E-state index in [2.05, 4.69) is 10.3 Å². The van der Waals surface area contributed by atoms with Gasteiger partial charge in [-0.1, -0.05) is 12.1 Å². The zero-order valence-electron chi connectivity index (χ0n) is 13.8. The summed E-state index contributed by atoms with van der Waals surface area (Å²) in [7, 11) is -1.24. The third-order valence-corrected chi connectivity index (χ3v) is 4.34. The lowest BCUT2D eigenvalue weighted by Crippen LogP contribution is -2.53. The Morgan fingerprint density at radius 3 is 3.08 bits per heavy atom. The molecule has 26 heavy (non-hydrogen) atoms. The highest BCUT2D eigenvalue weighted by atomic mass is 127. The molecule has 0 bridgehead atoms. The number of hydrogen-bond donors (Lipinski definition) is 2. The first-order valence-corrected chi connectivity index (χ1v) is 9.56. The molecule has 0 aliphatic carbocycles. The fraction of sp³-hybridized carbons (Fsp3) is 0.312. The summed E-state index contributed by atoms with van der Waals surface area (Å²) < 4.78 is 12.5. The molecule has 1 aromatic heterocycles. The van der Waals surface area contributed by atoms with Crippen LogP contribution in [0, 0.1) is 0 Å². The van der Waals surface area contributed by atoms with Crippen LogP contribution >= 0.6 is 22.6 Å². The molecule has 0 unspecified atom stereocenters. The van der Waals surface area contributed by atoms with Gasteiger partial charge in [-0.05, 0) is 40.6 Å². The number of nitrogens with zero attached hydrogens (tertiary/aromatic N) is 2. The average molecular weight is 469 g/mol. The number of aryl methyl sites for hydroxylation is 1. The van der Waals surface area contributed by atoms with E-state index in [1.54, 1.807) is 41.5 Å². The van der Waals surface area contributed by atoms with Crippen molar-refractivity contribution in [3.8, 4) is 5.75 Å². The van der Waals surface area contributed by atoms with Gasteiger partial charge in [0.25, 0.3) is 0 Å². The van der Waals surface area contributed by atoms with Crippen LogP contribution in [0.4, 0.5) is 0 Å². The molecular weight excluding hydrogens is 452 g/mol. The molecule has 1 aliphatic heterocycles. The standard InChI is InChI=1S/C16H17BIN3O5/c18-9-25-16(23)12-3-1-2-11-8-13(17(24)26-15(11)12)20-14(22)4-6-21-7-5-19-10-21/h1-3,5,7,10,13,24H,4,6,8-9H2,(H,20,22)/t13-/m0/s1. The number of halogens is 1. The predicted molar refractivity (Wildman–Crippen MR) is 102 cm³/mol. The van der Waals surface area contributed by atoms with Gasteiger partial charge in [-0.15, -0.1) is 0 Å². The molecule has 0 fully saturated rings. The number of fused-ring (bicyclic) bond motifs is 1. The van der Waals surface area contributed by atoms with Gasteiger partial charge >= 0.3 is 13.1 Å². The summed E-state index contributed by atoms with van der Waals surface area (Å²) in [6.07, 6.45) is 5.68. The average Bonchev–Trinajstić information content (AvgIpc) is 3.14. The van der Waals surface area contributed by atoms with Crippen LogP contribution < -0.4 is 9.97 Å². The largest absolute Gasteiger partial charge is 0.547 e. The van der Waals surface area contributed by atoms with E-state index in [0.29, 0.717) is 18.7 Å². The third-order valence-electron chi connectivity index (χ3n) is 4.03. The zero-order chi connectivity index (χ0) is 18.5. The SMILES string of the molecule is O=C(CCn1ccnc1)N[C@H]1Cc2cccc(C(=O)OCI)c2OB1O. The number of alkyl halides is 1. The molecule has 2 aromatic rings. The van der Waals surface area contributed by atoms with Crippen LogP contribution in [-0.2, 0) is 22.5 Å². The molecule has 2 heterocycles. The number of carbonyl (C=O) groups is 2. The summed E-state index contributed by atoms with van der Waals surface area (Å²) in [5.74, 6) is -0.992. The number of carbonyl (C=O) groups excluding carboxylic acids is 2. The topological polar surface area (TPSA) is 103 Å². The summed E-state index contributed by atoms with van der Waals surface area (Å²) in [6.45, 7) is 0.498. The first kappa shape index (κ1) is 18.7. The molecule has 0 saturated heterocycles. The number of rotatable bonds is 6. The lowest BCUT2D eigenvalue weighted by atomic mass is 9.72. The Morgan fingerprint density at radius 1 is 1.50 bits per heavy atom. The van der Waals surface area contributed by atoms with E-state index in [4.69, 9.17) is 9.39 Å². The van der Waals surface area contributed by atoms with Gasteiger partial charge in [-0.25, -0.2) is 9.78 Å². The number of nitrogens with one attached hydrogen (secondary N) is 1. The minimum Gasteiger partial charge on any atom is -0.534 e. The van der Waals surface area contributed by atoms with Crippen LogP contribution in [0.2, 0.25) is 0 Å². The quantitative estimate of drug-likeness (QED) is 0.283. The first-order valence-electron chi connectivity index (χ1n) is 8.03. The summed E-state index contributed by atoms with van der Waals surface area (Å²) in [6, 6.07) is 5.11. The molecule has 2 N–H and O–H groups in total. The Kier molecular flexibility index (Phi) is 6.14. The third kappa shape index (κ3) is 4.36. The highest BCUT2D eigenvalue weighted by Crippen LogP contribution is 2.30. The van der Waals surface area contributed by atoms with E-state index >= 15 is 0 Å². The Morgan fingerprint density at radius 2 is 2.35 bits per heavy atom. The van der Waals surface area contributed by atoms with Crippen LogP contribution in [-0.4, -0.2) is 44.1 Å². The van der Waals surface area contributed by atoms with Crippen molar-refractivity contribution in [3.05, 3.63) is 48.0 Å². The van der Waals surface area contributed by atoms with Crippen molar-refractivity contribution in [1.82, 2.24) is 14.9 Å². The number of para-hydroxylation sites is 1. The summed E-state index contributed by atoms with van der Waals surface area (Å²) in [5.41, 5.74) is 1.00. The highest BCUT2D eigenvalue weighted by Gasteiger charge is 2.37. The van der Waals surface area contributed by atoms with Gasteiger partial charge in [0.15, 0.2) is 0 Å². The molecule has 1 aliphatic rings. The summed E-state index contributed by atoms with van der Waals surface area (Å²) in [5, 5.41) is 13.0. The van der Waals surface area contributed by atoms with Gasteiger partial charge in [0.1, 0.15) is 15.9 Å². The monoisotopic (exact) mass is 469 g/mol. The minimum absolute atomic E-state index is 0.199. The van der Waals surface area contributed by atoms with Crippen LogP contribution in [0.15, 0.2) is 36.9 Å². The number of esters is 1. The molecule has 0 spiro atoms. The molecule has 0 radical (unpaired) electrons. The molecule has 8 nitrogen and oxygen atoms in total. The molecule has 1 aromatic carbocycles. The van der Waals surface area contributed by atoms with E-state index < -0.39 is 19.0 Å². The van der Waals surface area contributed by atoms with Crippen LogP contribution in [0.25, 0.3) is 0 Å². The Balaban J connectivity index is 1.65. The second-order valence-corrected chi connectivity index (χ2v) is 6.39. The fourth-order valence-corrected chi connectivity index (χ4v) is 3.05. The number of aromatic nitrogens is 2. The van der Waals surface area contributed by atoms with Gasteiger partial charge in [0.05, 0.1) is 12.3 Å². The minimum atomic E-state index is -1.24. The van der Waals surface area contributed by atoms with Gasteiger partial charge < -0.3 is 24.3 Å². The van der Waals surface area contributed by atoms with Gasteiger partial charge in [-0.2, -0.15) is 0 Å². The highest BCUT2D eigenvalue weighted by molar-refractivity contribution is 14.1. The van der Waals surface area contributed by atoms with E-state index in [0.717, 1.165) is 5.56 Å². The Hall–Kier alpha value is -2.08. The fourth-order valence-electron chi connectivity index (χ4n) is 2.76. The maximum absolute atomic E-state index is 12.1. The Bertz CT molecular complexity index is 786. The van der Waals surface area contributed by atoms with Gasteiger partial charge in [0, 0.05) is 25.4 Å². The molecule has 3 rings (SSSR count). The van der Waals surface area contributed by atoms with Crippen molar-refractivity contribution in [1.29, 1.82) is 0 Å². The van der Waals surface area contributed by atoms with Crippen molar-refractivity contribution < 1.29 is 24.0 Å². The molecule has 10 heteroatoms. The number of ether oxygens (including phenoxy) is 1. The normalized spacial score (nSPS) is 15.8. The van der Waals surface area contributed by atoms with Crippen molar-refractivity contribution >= 4 is 41.6 Å². The van der Waals surface area contributed by atoms with Crippen LogP contribution in [0.1, 0.15) is 22.3 Å². The lowest BCUT2D eigenvalue weighted by Gasteiger charge is -2.29. The molecule has 136 valence electrons. The van der Waals surface area contributed by atoms with E-state index in [1.807, 2.05) is 22.6 Å². The van der Waals surface area contributed by atoms with Crippen molar-refractivity contribution in [3.63, 3.8) is 0 Å². The van der Waals surface area contributed by atoms with Crippen molar-refractivity contribution in [2.24, 2.45) is 0 Å². The molecule has 0 saturated carbocycles. The number of benzene rings is 1. The van der Waals surface area contributed by atoms with Gasteiger partial charge in [-0.3, -0.25) is 4.79 Å².